The summed E-state index contributed by atoms with van der Waals surface area (Å²) in [5.41, 5.74) is 5.90. The van der Waals surface area contributed by atoms with Gasteiger partial charge in [-0.1, -0.05) is 18.2 Å². The zero-order chi connectivity index (χ0) is 24.6. The molecule has 1 aliphatic heterocycles. The fourth-order valence-corrected chi connectivity index (χ4v) is 5.56. The van der Waals surface area contributed by atoms with E-state index in [1.54, 1.807) is 31.5 Å². The van der Waals surface area contributed by atoms with Gasteiger partial charge in [-0.05, 0) is 74.2 Å². The van der Waals surface area contributed by atoms with E-state index in [0.29, 0.717) is 34.5 Å². The van der Waals surface area contributed by atoms with Crippen LogP contribution in [-0.4, -0.2) is 46.8 Å². The van der Waals surface area contributed by atoms with Gasteiger partial charge >= 0.3 is 0 Å². The van der Waals surface area contributed by atoms with Crippen LogP contribution in [0.15, 0.2) is 48.7 Å². The van der Waals surface area contributed by atoms with Gasteiger partial charge in [0.15, 0.2) is 5.82 Å². The van der Waals surface area contributed by atoms with Crippen molar-refractivity contribution in [2.45, 2.75) is 25.3 Å². The van der Waals surface area contributed by atoms with E-state index in [0.717, 1.165) is 31.6 Å². The van der Waals surface area contributed by atoms with Crippen molar-refractivity contribution in [2.24, 2.45) is 0 Å². The second kappa shape index (κ2) is 9.26. The average Bonchev–Trinajstić information content (AvgIpc) is 3.01. The Morgan fingerprint density at radius 2 is 2.00 bits per heavy atom. The molecule has 0 spiro atoms. The van der Waals surface area contributed by atoms with Crippen LogP contribution in [0, 0.1) is 11.3 Å². The number of nitrogens with one attached hydrogen (secondary N) is 2. The van der Waals surface area contributed by atoms with Crippen molar-refractivity contribution in [3.8, 4) is 6.07 Å². The van der Waals surface area contributed by atoms with Gasteiger partial charge in [0.25, 0.3) is 0 Å². The quantitative estimate of drug-likeness (QED) is 0.402. The Balaban J connectivity index is 1.45. The van der Waals surface area contributed by atoms with Gasteiger partial charge in [0.05, 0.1) is 6.20 Å². The Bertz CT molecular complexity index is 1410. The van der Waals surface area contributed by atoms with Crippen molar-refractivity contribution in [3.05, 3.63) is 70.9 Å². The van der Waals surface area contributed by atoms with Crippen LogP contribution >= 0.6 is 7.14 Å². The van der Waals surface area contributed by atoms with E-state index in [1.165, 1.54) is 22.9 Å². The molecule has 0 radical (unpaired) electrons. The Hall–Kier alpha value is -3.53. The van der Waals surface area contributed by atoms with Crippen molar-refractivity contribution in [3.63, 3.8) is 0 Å². The molecule has 2 N–H and O–H groups in total. The van der Waals surface area contributed by atoms with E-state index in [9.17, 15) is 9.83 Å². The molecule has 1 aromatic carbocycles. The number of pyridine rings is 1. The molecule has 2 aromatic heterocycles. The Kier molecular flexibility index (Phi) is 6.14. The highest BCUT2D eigenvalue weighted by Crippen LogP contribution is 2.37. The molecule has 3 heterocycles. The predicted molar refractivity (Wildman–Crippen MR) is 140 cm³/mol. The highest BCUT2D eigenvalue weighted by Gasteiger charge is 2.26. The smallest absolute Gasteiger partial charge is 0.229 e. The van der Waals surface area contributed by atoms with Crippen molar-refractivity contribution in [1.82, 2.24) is 19.9 Å². The zero-order valence-corrected chi connectivity index (χ0v) is 21.0. The number of nitriles is 1. The number of rotatable bonds is 5. The summed E-state index contributed by atoms with van der Waals surface area (Å²) in [4.78, 5) is 15.7. The van der Waals surface area contributed by atoms with E-state index >= 15 is 0 Å². The van der Waals surface area contributed by atoms with Crippen LogP contribution in [0.25, 0.3) is 0 Å². The number of allylic oxidation sites excluding steroid dienone is 1. The maximum absolute atomic E-state index is 12.4. The van der Waals surface area contributed by atoms with E-state index in [-0.39, 0.29) is 0 Å². The van der Waals surface area contributed by atoms with Gasteiger partial charge in [0.2, 0.25) is 5.95 Å². The zero-order valence-electron chi connectivity index (χ0n) is 20.1. The van der Waals surface area contributed by atoms with Crippen molar-refractivity contribution in [1.29, 1.82) is 5.26 Å². The molecule has 1 aliphatic carbocycles. The normalized spacial score (nSPS) is 17.3. The molecule has 0 saturated carbocycles. The second-order valence-corrected chi connectivity index (χ2v) is 12.7. The number of hydrogen-bond donors (Lipinski definition) is 2. The van der Waals surface area contributed by atoms with Gasteiger partial charge < -0.3 is 20.1 Å². The third-order valence-corrected chi connectivity index (χ3v) is 7.67. The van der Waals surface area contributed by atoms with Crippen LogP contribution in [-0.2, 0) is 17.5 Å². The molecule has 178 valence electrons. The molecule has 0 bridgehead atoms. The summed E-state index contributed by atoms with van der Waals surface area (Å²) in [6.45, 7) is 5.30. The fourth-order valence-electron chi connectivity index (χ4n) is 4.77. The Morgan fingerprint density at radius 3 is 2.80 bits per heavy atom. The molecule has 1 atom stereocenters. The average molecular weight is 486 g/mol. The number of aryl methyl sites for hydroxylation is 1. The summed E-state index contributed by atoms with van der Waals surface area (Å²) in [5.74, 6) is 1.64. The predicted octanol–water partition coefficient (Wildman–Crippen LogP) is 4.51. The largest absolute Gasteiger partial charge is 0.324 e. The van der Waals surface area contributed by atoms with Gasteiger partial charge in [0.1, 0.15) is 30.0 Å². The molecule has 8 nitrogen and oxygen atoms in total. The molecular weight excluding hydrogens is 457 g/mol. The molecule has 0 fully saturated rings. The molecule has 3 aromatic rings. The van der Waals surface area contributed by atoms with Gasteiger partial charge in [-0.25, -0.2) is 9.97 Å². The van der Waals surface area contributed by atoms with Gasteiger partial charge in [0, 0.05) is 24.7 Å². The minimum atomic E-state index is -2.52. The van der Waals surface area contributed by atoms with Gasteiger partial charge in [-0.3, -0.25) is 0 Å². The molecule has 5 rings (SSSR count). The molecule has 1 unspecified atom stereocenters. The number of hydrogen-bond acceptors (Lipinski definition) is 8. The minimum Gasteiger partial charge on any atom is -0.324 e. The first-order valence-corrected chi connectivity index (χ1v) is 14.2. The molecule has 9 heteroatoms. The topological polar surface area (TPSA) is 107 Å². The minimum absolute atomic E-state index is 0.298. The van der Waals surface area contributed by atoms with E-state index in [2.05, 4.69) is 67.9 Å². The highest BCUT2D eigenvalue weighted by atomic mass is 31.2. The molecule has 0 amide bonds. The monoisotopic (exact) mass is 485 g/mol. The summed E-state index contributed by atoms with van der Waals surface area (Å²) in [6.07, 6.45) is 8.18. The fraction of sp³-hybridized carbons (Fsp3) is 0.308. The third kappa shape index (κ3) is 4.97. The van der Waals surface area contributed by atoms with Crippen LogP contribution in [0.1, 0.15) is 34.6 Å². The van der Waals surface area contributed by atoms with Gasteiger partial charge in [-0.15, -0.1) is 0 Å². The Morgan fingerprint density at radius 1 is 1.17 bits per heavy atom. The summed E-state index contributed by atoms with van der Waals surface area (Å²) < 4.78 is 12.4. The molecule has 0 saturated heterocycles. The van der Waals surface area contributed by atoms with Crippen molar-refractivity contribution < 1.29 is 4.57 Å². The first-order chi connectivity index (χ1) is 16.8. The van der Waals surface area contributed by atoms with Gasteiger partial charge in [-0.2, -0.15) is 10.2 Å². The molecule has 2 aliphatic rings. The molecular formula is C26H28N7OP. The number of nitrogens with zero attached hydrogens (tertiary/aromatic N) is 5. The van der Waals surface area contributed by atoms with Crippen LogP contribution in [0.5, 0.6) is 0 Å². The number of anilines is 4. The number of likely N-dealkylation sites (N-methyl/N-ethyl adjacent to an activating group) is 1. The first-order valence-electron chi connectivity index (χ1n) is 11.6. The summed E-state index contributed by atoms with van der Waals surface area (Å²) in [5, 5.41) is 16.0. The lowest BCUT2D eigenvalue weighted by Crippen LogP contribution is -2.30. The maximum Gasteiger partial charge on any atom is 0.229 e. The first kappa shape index (κ1) is 23.2. The SMILES string of the molecule is CN1Cc2cc(Nc3ncc(C#N)c(Nc4cccc(P(C)(C)=O)n4)n3)cc3c2C(C=CCC3)C1. The standard InChI is InChI=1S/C26H28N7OP/c1-33-15-18-8-5-4-7-17-11-21(12-19(16-33)24(17)18)29-26-28-14-20(13-27)25(32-26)31-22-9-6-10-23(30-22)35(2,3)34/h5-6,8-12,14,18H,4,7,15-16H2,1-3H3,(H2,28,29,30,31,32). The van der Waals surface area contributed by atoms with Crippen molar-refractivity contribution >= 4 is 35.8 Å². The van der Waals surface area contributed by atoms with Crippen LogP contribution in [0.2, 0.25) is 0 Å². The summed E-state index contributed by atoms with van der Waals surface area (Å²) in [6, 6.07) is 11.8. The van der Waals surface area contributed by atoms with E-state index < -0.39 is 7.14 Å². The maximum atomic E-state index is 12.4. The summed E-state index contributed by atoms with van der Waals surface area (Å²) in [7, 11) is -0.363. The second-order valence-electron chi connectivity index (χ2n) is 9.53. The Labute approximate surface area is 205 Å². The van der Waals surface area contributed by atoms with Crippen molar-refractivity contribution in [2.75, 3.05) is 37.6 Å². The number of aromatic nitrogens is 3. The van der Waals surface area contributed by atoms with Crippen LogP contribution < -0.4 is 16.1 Å². The van der Waals surface area contributed by atoms with Crippen LogP contribution in [0.3, 0.4) is 0 Å². The van der Waals surface area contributed by atoms with Crippen LogP contribution in [0.4, 0.5) is 23.3 Å². The van der Waals surface area contributed by atoms with E-state index in [4.69, 9.17) is 0 Å². The lowest BCUT2D eigenvalue weighted by Gasteiger charge is -2.32. The number of benzene rings is 1. The highest BCUT2D eigenvalue weighted by molar-refractivity contribution is 7.69. The van der Waals surface area contributed by atoms with E-state index in [1.807, 2.05) is 0 Å². The third-order valence-electron chi connectivity index (χ3n) is 6.32. The molecule has 35 heavy (non-hydrogen) atoms. The summed E-state index contributed by atoms with van der Waals surface area (Å²) >= 11 is 0. The lowest BCUT2D eigenvalue weighted by molar-refractivity contribution is 0.297. The lowest BCUT2D eigenvalue weighted by atomic mass is 9.86.